The number of Topliss-reactive ketones (excluding diaryl/α,β-unsaturated/α-hetero) is 1. The molecule has 1 aliphatic carbocycles. The molecule has 3 aromatic rings. The standard InChI is InChI=1S/C30H28N6O6S2/c1-40-19-11-18(12-20(13-19)41-2)33-24(38)15-43-30-35-34-29(44-30)36-22-5-4-6-23(37)26(22)25(21(14-31)27(36)32)16-7-9-17(10-8-16)28(39)42-3/h7-13,25H,4-6,15,32H2,1-3H3,(H,33,38). The third kappa shape index (κ3) is 6.10. The minimum Gasteiger partial charge on any atom is -0.497 e. The molecular weight excluding hydrogens is 605 g/mol. The van der Waals surface area contributed by atoms with Crippen molar-refractivity contribution in [1.82, 2.24) is 10.2 Å². The smallest absolute Gasteiger partial charge is 0.337 e. The van der Waals surface area contributed by atoms with E-state index in [-0.39, 0.29) is 28.8 Å². The minimum atomic E-state index is -0.688. The maximum Gasteiger partial charge on any atom is 0.337 e. The number of carbonyl (C=O) groups is 3. The highest BCUT2D eigenvalue weighted by molar-refractivity contribution is 8.01. The Labute approximate surface area is 261 Å². The van der Waals surface area contributed by atoms with E-state index in [0.717, 1.165) is 0 Å². The molecule has 0 bridgehead atoms. The van der Waals surface area contributed by atoms with E-state index >= 15 is 0 Å². The molecule has 2 aliphatic rings. The molecular formula is C30H28N6O6S2. The Hall–Kier alpha value is -4.87. The average Bonchev–Trinajstić information content (AvgIpc) is 3.51. The lowest BCUT2D eigenvalue weighted by Gasteiger charge is -2.38. The number of nitrogens with two attached hydrogens (primary N) is 1. The van der Waals surface area contributed by atoms with Crippen molar-refractivity contribution in [3.63, 3.8) is 0 Å². The van der Waals surface area contributed by atoms with Crippen LogP contribution in [0.3, 0.4) is 0 Å². The number of hydrogen-bond donors (Lipinski definition) is 2. The maximum absolute atomic E-state index is 13.4. The van der Waals surface area contributed by atoms with Gasteiger partial charge in [0.2, 0.25) is 11.0 Å². The lowest BCUT2D eigenvalue weighted by Crippen LogP contribution is -2.38. The van der Waals surface area contributed by atoms with Crippen molar-refractivity contribution in [1.29, 1.82) is 5.26 Å². The fraction of sp³-hybridized carbons (Fsp3) is 0.267. The van der Waals surface area contributed by atoms with E-state index in [1.165, 1.54) is 44.4 Å². The Kier molecular flexibility index (Phi) is 9.17. The first-order chi connectivity index (χ1) is 21.3. The van der Waals surface area contributed by atoms with E-state index in [0.29, 0.717) is 68.3 Å². The molecule has 1 aromatic heterocycles. The molecule has 14 heteroatoms. The zero-order valence-corrected chi connectivity index (χ0v) is 25.7. The third-order valence-electron chi connectivity index (χ3n) is 7.13. The van der Waals surface area contributed by atoms with E-state index in [1.54, 1.807) is 47.4 Å². The molecule has 226 valence electrons. The lowest BCUT2D eigenvalue weighted by molar-refractivity contribution is -0.116. The van der Waals surface area contributed by atoms with Gasteiger partial charge in [0.1, 0.15) is 17.3 Å². The number of hydrogen-bond acceptors (Lipinski definition) is 13. The van der Waals surface area contributed by atoms with Crippen molar-refractivity contribution in [2.45, 2.75) is 29.5 Å². The summed E-state index contributed by atoms with van der Waals surface area (Å²) in [7, 11) is 4.35. The number of esters is 1. The number of ketones is 1. The summed E-state index contributed by atoms with van der Waals surface area (Å²) in [5.74, 6) is -0.233. The predicted octanol–water partition coefficient (Wildman–Crippen LogP) is 4.38. The van der Waals surface area contributed by atoms with Crippen molar-refractivity contribution in [2.24, 2.45) is 5.73 Å². The van der Waals surface area contributed by atoms with Gasteiger partial charge in [0.15, 0.2) is 10.1 Å². The second-order valence-electron chi connectivity index (χ2n) is 9.72. The number of anilines is 2. The SMILES string of the molecule is COC(=O)c1ccc(C2C(C#N)=C(N)N(c3nnc(SCC(=O)Nc4cc(OC)cc(OC)c4)s3)C3=C2C(=O)CCC3)cc1. The molecule has 3 N–H and O–H groups in total. The molecule has 2 heterocycles. The number of rotatable bonds is 9. The van der Waals surface area contributed by atoms with Gasteiger partial charge in [0, 0.05) is 41.6 Å². The summed E-state index contributed by atoms with van der Waals surface area (Å²) >= 11 is 2.40. The van der Waals surface area contributed by atoms with Crippen molar-refractivity contribution in [2.75, 3.05) is 37.3 Å². The summed E-state index contributed by atoms with van der Waals surface area (Å²) in [5, 5.41) is 22.0. The van der Waals surface area contributed by atoms with Crippen LogP contribution in [0.25, 0.3) is 0 Å². The Morgan fingerprint density at radius 2 is 1.82 bits per heavy atom. The number of allylic oxidation sites excluding steroid dienone is 3. The molecule has 0 fully saturated rings. The van der Waals surface area contributed by atoms with Crippen LogP contribution >= 0.6 is 23.1 Å². The molecule has 0 saturated carbocycles. The van der Waals surface area contributed by atoms with Gasteiger partial charge < -0.3 is 25.3 Å². The van der Waals surface area contributed by atoms with Crippen LogP contribution in [-0.4, -0.2) is 54.9 Å². The van der Waals surface area contributed by atoms with Gasteiger partial charge in [-0.05, 0) is 30.5 Å². The zero-order chi connectivity index (χ0) is 31.4. The van der Waals surface area contributed by atoms with Gasteiger partial charge in [0.25, 0.3) is 0 Å². The quantitative estimate of drug-likeness (QED) is 0.253. The first kappa shape index (κ1) is 30.6. The topological polar surface area (TPSA) is 170 Å². The number of nitrogens with zero attached hydrogens (tertiary/aromatic N) is 4. The summed E-state index contributed by atoms with van der Waals surface area (Å²) in [6.45, 7) is 0. The van der Waals surface area contributed by atoms with Crippen molar-refractivity contribution in [3.8, 4) is 17.6 Å². The van der Waals surface area contributed by atoms with Gasteiger partial charge in [-0.3, -0.25) is 14.5 Å². The van der Waals surface area contributed by atoms with Gasteiger partial charge in [-0.25, -0.2) is 4.79 Å². The highest BCUT2D eigenvalue weighted by Crippen LogP contribution is 2.47. The van der Waals surface area contributed by atoms with Crippen LogP contribution in [0.1, 0.15) is 41.1 Å². The number of nitriles is 1. The molecule has 1 atom stereocenters. The average molecular weight is 633 g/mol. The number of aromatic nitrogens is 2. The number of nitrogens with one attached hydrogen (secondary N) is 1. The fourth-order valence-electron chi connectivity index (χ4n) is 5.12. The number of benzene rings is 2. The number of methoxy groups -OCH3 is 3. The molecule has 1 aliphatic heterocycles. The zero-order valence-electron chi connectivity index (χ0n) is 24.1. The molecule has 1 unspecified atom stereocenters. The summed E-state index contributed by atoms with van der Waals surface area (Å²) in [6.07, 6.45) is 1.51. The highest BCUT2D eigenvalue weighted by atomic mass is 32.2. The van der Waals surface area contributed by atoms with E-state index in [4.69, 9.17) is 19.9 Å². The Bertz CT molecular complexity index is 1700. The fourth-order valence-corrected chi connectivity index (χ4v) is 6.80. The van der Waals surface area contributed by atoms with Crippen LogP contribution in [0.5, 0.6) is 11.5 Å². The Morgan fingerprint density at radius 1 is 1.11 bits per heavy atom. The first-order valence-corrected chi connectivity index (χ1v) is 15.2. The number of amides is 1. The van der Waals surface area contributed by atoms with Crippen molar-refractivity contribution < 1.29 is 28.6 Å². The van der Waals surface area contributed by atoms with E-state index in [2.05, 4.69) is 21.6 Å². The summed E-state index contributed by atoms with van der Waals surface area (Å²) in [6, 6.07) is 13.9. The van der Waals surface area contributed by atoms with Crippen LogP contribution in [0.2, 0.25) is 0 Å². The monoisotopic (exact) mass is 632 g/mol. The molecule has 0 radical (unpaired) electrons. The van der Waals surface area contributed by atoms with Gasteiger partial charge in [-0.2, -0.15) is 5.26 Å². The maximum atomic E-state index is 13.4. The summed E-state index contributed by atoms with van der Waals surface area (Å²) in [4.78, 5) is 39.6. The van der Waals surface area contributed by atoms with E-state index in [9.17, 15) is 19.6 Å². The Morgan fingerprint density at radius 3 is 2.45 bits per heavy atom. The van der Waals surface area contributed by atoms with Crippen LogP contribution in [0.4, 0.5) is 10.8 Å². The number of ether oxygens (including phenoxy) is 3. The highest BCUT2D eigenvalue weighted by Gasteiger charge is 2.41. The number of thioether (sulfide) groups is 1. The van der Waals surface area contributed by atoms with Crippen molar-refractivity contribution in [3.05, 3.63) is 76.3 Å². The molecule has 5 rings (SSSR count). The van der Waals surface area contributed by atoms with Crippen LogP contribution in [0, 0.1) is 11.3 Å². The molecule has 0 spiro atoms. The van der Waals surface area contributed by atoms with E-state index in [1.807, 2.05) is 0 Å². The van der Waals surface area contributed by atoms with E-state index < -0.39 is 11.9 Å². The van der Waals surface area contributed by atoms with Crippen molar-refractivity contribution >= 4 is 51.6 Å². The van der Waals surface area contributed by atoms with Gasteiger partial charge in [0.05, 0.1) is 50.2 Å². The molecule has 0 saturated heterocycles. The molecule has 2 aromatic carbocycles. The predicted molar refractivity (Wildman–Crippen MR) is 165 cm³/mol. The summed E-state index contributed by atoms with van der Waals surface area (Å²) < 4.78 is 15.8. The lowest BCUT2D eigenvalue weighted by atomic mass is 9.75. The largest absolute Gasteiger partial charge is 0.497 e. The van der Waals surface area contributed by atoms with Crippen LogP contribution in [-0.2, 0) is 14.3 Å². The van der Waals surface area contributed by atoms with Gasteiger partial charge >= 0.3 is 5.97 Å². The molecule has 44 heavy (non-hydrogen) atoms. The van der Waals surface area contributed by atoms with Crippen LogP contribution in [0.15, 0.2) is 69.5 Å². The molecule has 12 nitrogen and oxygen atoms in total. The second kappa shape index (κ2) is 13.2. The van der Waals surface area contributed by atoms with Gasteiger partial charge in [-0.15, -0.1) is 10.2 Å². The number of carbonyl (C=O) groups excluding carboxylic acids is 3. The normalized spacial score (nSPS) is 16.3. The second-order valence-corrected chi connectivity index (χ2v) is 11.9. The van der Waals surface area contributed by atoms with Crippen LogP contribution < -0.4 is 25.4 Å². The third-order valence-corrected chi connectivity index (χ3v) is 9.17. The first-order valence-electron chi connectivity index (χ1n) is 13.4. The summed E-state index contributed by atoms with van der Waals surface area (Å²) in [5.41, 5.74) is 9.49. The minimum absolute atomic E-state index is 0.0546. The Balaban J connectivity index is 1.39. The molecule has 1 amide bonds. The van der Waals surface area contributed by atoms with Gasteiger partial charge in [-0.1, -0.05) is 35.2 Å².